The summed E-state index contributed by atoms with van der Waals surface area (Å²) < 4.78 is 0. The second kappa shape index (κ2) is 15.5. The van der Waals surface area contributed by atoms with Gasteiger partial charge in [-0.1, -0.05) is 0 Å². The summed E-state index contributed by atoms with van der Waals surface area (Å²) in [6.45, 7) is 1.93. The van der Waals surface area contributed by atoms with Crippen molar-refractivity contribution in [2.24, 2.45) is 0 Å². The Morgan fingerprint density at radius 1 is 0.810 bits per heavy atom. The van der Waals surface area contributed by atoms with Crippen LogP contribution in [-0.2, 0) is 0 Å². The van der Waals surface area contributed by atoms with Crippen LogP contribution < -0.4 is 88.7 Å². The van der Waals surface area contributed by atoms with Gasteiger partial charge in [0.2, 0.25) is 0 Å². The van der Waals surface area contributed by atoms with E-state index in [9.17, 15) is 14.4 Å². The fourth-order valence-corrected chi connectivity index (χ4v) is 0.998. The number of hydrogen-bond donors (Lipinski definition) is 4. The van der Waals surface area contributed by atoms with Crippen LogP contribution >= 0.6 is 0 Å². The van der Waals surface area contributed by atoms with Crippen molar-refractivity contribution in [2.45, 2.75) is 6.92 Å². The zero-order valence-corrected chi connectivity index (χ0v) is 18.5. The molecule has 0 saturated heterocycles. The minimum absolute atomic E-state index is 0. The maximum Gasteiger partial charge on any atom is 1.00 e. The van der Waals surface area contributed by atoms with Gasteiger partial charge in [-0.2, -0.15) is 0 Å². The van der Waals surface area contributed by atoms with Crippen LogP contribution in [0, 0.1) is 0 Å². The van der Waals surface area contributed by atoms with Gasteiger partial charge in [0.05, 0.1) is 16.7 Å². The molecule has 0 aliphatic rings. The summed E-state index contributed by atoms with van der Waals surface area (Å²) in [5.74, 6) is -4.12. The SMILES string of the molecule is CCO.O=C(O)c1cc(C(=O)O)cc(C(=O)O)c1.[H-].[H-].[H-].[Na+].[Na+].[Na+]. The molecule has 0 aliphatic carbocycles. The van der Waals surface area contributed by atoms with E-state index in [2.05, 4.69) is 0 Å². The fourth-order valence-electron chi connectivity index (χ4n) is 0.998. The Morgan fingerprint density at radius 3 is 1.05 bits per heavy atom. The van der Waals surface area contributed by atoms with Gasteiger partial charge < -0.3 is 24.7 Å². The number of aromatic carboxylic acids is 3. The molecule has 0 atom stereocenters. The molecule has 0 spiro atoms. The summed E-state index contributed by atoms with van der Waals surface area (Å²) in [6, 6.07) is 2.70. The van der Waals surface area contributed by atoms with Gasteiger partial charge in [-0.15, -0.1) is 0 Å². The summed E-state index contributed by atoms with van der Waals surface area (Å²) >= 11 is 0. The molecule has 7 nitrogen and oxygen atoms in total. The van der Waals surface area contributed by atoms with E-state index in [1.165, 1.54) is 0 Å². The number of hydrogen-bond acceptors (Lipinski definition) is 4. The van der Waals surface area contributed by atoms with Crippen molar-refractivity contribution in [2.75, 3.05) is 6.61 Å². The maximum absolute atomic E-state index is 10.6. The Balaban J connectivity index is -0.0000000599. The topological polar surface area (TPSA) is 132 Å². The van der Waals surface area contributed by atoms with E-state index in [1.807, 2.05) is 0 Å². The molecule has 0 aromatic heterocycles. The number of carboxylic acid groups (broad SMARTS) is 3. The number of rotatable bonds is 3. The minimum Gasteiger partial charge on any atom is -1.00 e. The van der Waals surface area contributed by atoms with Gasteiger partial charge in [0.15, 0.2) is 0 Å². The molecule has 0 amide bonds. The van der Waals surface area contributed by atoms with Crippen LogP contribution in [0.25, 0.3) is 0 Å². The normalized spacial score (nSPS) is 7.71. The first-order chi connectivity index (χ1) is 8.33. The van der Waals surface area contributed by atoms with Gasteiger partial charge in [-0.25, -0.2) is 14.4 Å². The second-order valence-electron chi connectivity index (χ2n) is 3.03. The van der Waals surface area contributed by atoms with Crippen LogP contribution in [0.5, 0.6) is 0 Å². The third-order valence-corrected chi connectivity index (χ3v) is 1.67. The molecule has 21 heavy (non-hydrogen) atoms. The maximum atomic E-state index is 10.6. The predicted octanol–water partition coefficient (Wildman–Crippen LogP) is -7.87. The predicted molar refractivity (Wildman–Crippen MR) is 63.4 cm³/mol. The van der Waals surface area contributed by atoms with E-state index in [-0.39, 0.29) is 116 Å². The van der Waals surface area contributed by atoms with Crippen molar-refractivity contribution in [3.8, 4) is 0 Å². The largest absolute Gasteiger partial charge is 1.00 e. The summed E-state index contributed by atoms with van der Waals surface area (Å²) in [6.07, 6.45) is 0. The van der Waals surface area contributed by atoms with Crippen molar-refractivity contribution < 1.29 is 128 Å². The number of aliphatic hydroxyl groups excluding tert-OH is 1. The van der Waals surface area contributed by atoms with Gasteiger partial charge in [0.25, 0.3) is 0 Å². The molecule has 0 bridgehead atoms. The molecule has 104 valence electrons. The van der Waals surface area contributed by atoms with Crippen molar-refractivity contribution >= 4 is 17.9 Å². The van der Waals surface area contributed by atoms with Gasteiger partial charge in [0.1, 0.15) is 0 Å². The first-order valence-corrected chi connectivity index (χ1v) is 4.79. The van der Waals surface area contributed by atoms with Crippen molar-refractivity contribution in [3.05, 3.63) is 34.9 Å². The molecule has 0 aliphatic heterocycles. The minimum atomic E-state index is -1.37. The van der Waals surface area contributed by atoms with E-state index < -0.39 is 17.9 Å². The van der Waals surface area contributed by atoms with Crippen LogP contribution in [0.4, 0.5) is 0 Å². The molecule has 0 heterocycles. The summed E-state index contributed by atoms with van der Waals surface area (Å²) in [4.78, 5) is 31.7. The molecule has 0 saturated carbocycles. The van der Waals surface area contributed by atoms with Crippen LogP contribution in [-0.4, -0.2) is 44.9 Å². The smallest absolute Gasteiger partial charge is 1.00 e. The Kier molecular flexibility index (Phi) is 21.8. The van der Waals surface area contributed by atoms with E-state index >= 15 is 0 Å². The first-order valence-electron chi connectivity index (χ1n) is 4.79. The molecule has 1 rings (SSSR count). The molecule has 0 unspecified atom stereocenters. The van der Waals surface area contributed by atoms with Crippen LogP contribution in [0.1, 0.15) is 42.3 Å². The molecule has 4 N–H and O–H groups in total. The fraction of sp³-hybridized carbons (Fsp3) is 0.182. The molecular formula is C11H15Na3O7. The van der Waals surface area contributed by atoms with Crippen LogP contribution in [0.15, 0.2) is 18.2 Å². The van der Waals surface area contributed by atoms with Crippen molar-refractivity contribution in [1.29, 1.82) is 0 Å². The number of benzene rings is 1. The average Bonchev–Trinajstić information content (AvgIpc) is 2.29. The molecule has 1 aromatic carbocycles. The molecule has 0 fully saturated rings. The van der Waals surface area contributed by atoms with Gasteiger partial charge in [-0.3, -0.25) is 0 Å². The first kappa shape index (κ1) is 29.6. The van der Waals surface area contributed by atoms with Gasteiger partial charge in [0, 0.05) is 6.61 Å². The second-order valence-corrected chi connectivity index (χ2v) is 3.03. The quantitative estimate of drug-likeness (QED) is 0.405. The summed E-state index contributed by atoms with van der Waals surface area (Å²) in [5.41, 5.74) is -1.10. The van der Waals surface area contributed by atoms with Crippen molar-refractivity contribution in [3.63, 3.8) is 0 Å². The zero-order valence-electron chi connectivity index (χ0n) is 15.5. The summed E-state index contributed by atoms with van der Waals surface area (Å²) in [5, 5.41) is 33.4. The standard InChI is InChI=1S/C9H6O6.C2H6O.3Na.3H/c10-7(11)4-1-5(8(12)13)3-6(2-4)9(14)15;1-2-3;;;;;;/h1-3H,(H,10,11)(H,12,13)(H,14,15);3H,2H2,1H3;;;;;;/q;;3*+1;3*-1. The Morgan fingerprint density at radius 2 is 0.952 bits per heavy atom. The van der Waals surface area contributed by atoms with Crippen LogP contribution in [0.2, 0.25) is 0 Å². The third-order valence-electron chi connectivity index (χ3n) is 1.67. The van der Waals surface area contributed by atoms with E-state index in [0.717, 1.165) is 18.2 Å². The zero-order chi connectivity index (χ0) is 14.3. The van der Waals surface area contributed by atoms with E-state index in [0.29, 0.717) is 0 Å². The van der Waals surface area contributed by atoms with E-state index in [4.69, 9.17) is 20.4 Å². The van der Waals surface area contributed by atoms with Crippen molar-refractivity contribution in [1.82, 2.24) is 0 Å². The summed E-state index contributed by atoms with van der Waals surface area (Å²) in [7, 11) is 0. The van der Waals surface area contributed by atoms with E-state index in [1.54, 1.807) is 6.92 Å². The Hall–Kier alpha value is 0.590. The van der Waals surface area contributed by atoms with Gasteiger partial charge in [-0.05, 0) is 25.1 Å². The molecule has 10 heteroatoms. The Bertz CT molecular complexity index is 411. The number of carbonyl (C=O) groups is 3. The third kappa shape index (κ3) is 11.8. The van der Waals surface area contributed by atoms with Gasteiger partial charge >= 0.3 is 107 Å². The number of carboxylic acids is 3. The molecular weight excluding hydrogens is 313 g/mol. The molecule has 1 aromatic rings. The average molecular weight is 328 g/mol. The Labute approximate surface area is 192 Å². The number of aliphatic hydroxyl groups is 1. The monoisotopic (exact) mass is 328 g/mol. The molecule has 0 radical (unpaired) electrons. The van der Waals surface area contributed by atoms with Crippen LogP contribution in [0.3, 0.4) is 0 Å².